The number of alkyl halides is 2. The minimum absolute atomic E-state index is 0.0170. The van der Waals surface area contributed by atoms with E-state index in [1.165, 1.54) is 6.07 Å². The minimum atomic E-state index is -2.66. The molecule has 1 aliphatic rings. The van der Waals surface area contributed by atoms with Crippen LogP contribution in [0.4, 0.5) is 14.7 Å². The van der Waals surface area contributed by atoms with Crippen molar-refractivity contribution in [1.29, 1.82) is 0 Å². The van der Waals surface area contributed by atoms with Gasteiger partial charge in [-0.3, -0.25) is 9.58 Å². The molecule has 27 heavy (non-hydrogen) atoms. The summed E-state index contributed by atoms with van der Waals surface area (Å²) in [6.07, 6.45) is -0.999. The first-order chi connectivity index (χ1) is 13.0. The quantitative estimate of drug-likeness (QED) is 0.797. The van der Waals surface area contributed by atoms with Crippen molar-refractivity contribution in [1.82, 2.24) is 24.6 Å². The zero-order chi connectivity index (χ0) is 19.4. The molecule has 0 radical (unpaired) electrons. The second kappa shape index (κ2) is 8.71. The van der Waals surface area contributed by atoms with Gasteiger partial charge in [-0.25, -0.2) is 18.7 Å². The summed E-state index contributed by atoms with van der Waals surface area (Å²) in [5.41, 5.74) is 1.80. The minimum Gasteiger partial charge on any atom is -0.379 e. The average Bonchev–Trinajstić information content (AvgIpc) is 3.02. The molecule has 0 unspecified atom stereocenters. The van der Waals surface area contributed by atoms with E-state index in [1.54, 1.807) is 6.20 Å². The number of nitrogens with zero attached hydrogens (tertiary/aromatic N) is 5. The van der Waals surface area contributed by atoms with Crippen LogP contribution in [0.1, 0.15) is 31.7 Å². The Labute approximate surface area is 157 Å². The van der Waals surface area contributed by atoms with Gasteiger partial charge in [0.2, 0.25) is 5.95 Å². The molecule has 0 spiro atoms. The standard InChI is InChI=1S/C18H26F2N6O/c1-4-26-13(3)14(10-21-26)15-9-16(17(19)20)24-18(23-15)22-12(2)11-25-5-7-27-8-6-25/h9-10,12,17H,4-8,11H2,1-3H3,(H,22,23,24)/t12-/m0/s1. The van der Waals surface area contributed by atoms with E-state index in [9.17, 15) is 8.78 Å². The van der Waals surface area contributed by atoms with Crippen molar-refractivity contribution in [3.8, 4) is 11.3 Å². The molecule has 0 bridgehead atoms. The van der Waals surface area contributed by atoms with E-state index < -0.39 is 6.43 Å². The van der Waals surface area contributed by atoms with Gasteiger partial charge in [0.05, 0.1) is 25.1 Å². The average molecular weight is 380 g/mol. The molecule has 3 heterocycles. The van der Waals surface area contributed by atoms with Gasteiger partial charge in [0.25, 0.3) is 6.43 Å². The number of morpholine rings is 1. The predicted octanol–water partition coefficient (Wildman–Crippen LogP) is 2.74. The van der Waals surface area contributed by atoms with E-state index in [1.807, 2.05) is 25.5 Å². The van der Waals surface area contributed by atoms with Crippen LogP contribution in [-0.2, 0) is 11.3 Å². The number of rotatable bonds is 7. The Morgan fingerprint density at radius 2 is 2.00 bits per heavy atom. The Hall–Kier alpha value is -2.13. The van der Waals surface area contributed by atoms with Crippen molar-refractivity contribution >= 4 is 5.95 Å². The molecule has 148 valence electrons. The van der Waals surface area contributed by atoms with Crippen molar-refractivity contribution in [3.63, 3.8) is 0 Å². The van der Waals surface area contributed by atoms with Gasteiger partial charge < -0.3 is 10.1 Å². The molecule has 1 fully saturated rings. The molecule has 1 saturated heterocycles. The smallest absolute Gasteiger partial charge is 0.280 e. The molecule has 0 aromatic carbocycles. The summed E-state index contributed by atoms with van der Waals surface area (Å²) >= 11 is 0. The topological polar surface area (TPSA) is 68.1 Å². The lowest BCUT2D eigenvalue weighted by Gasteiger charge is -2.29. The number of aromatic nitrogens is 4. The summed E-state index contributed by atoms with van der Waals surface area (Å²) < 4.78 is 33.9. The van der Waals surface area contributed by atoms with Gasteiger partial charge in [-0.05, 0) is 26.8 Å². The van der Waals surface area contributed by atoms with Crippen molar-refractivity contribution < 1.29 is 13.5 Å². The first kappa shape index (κ1) is 19.6. The van der Waals surface area contributed by atoms with Crippen molar-refractivity contribution in [2.75, 3.05) is 38.2 Å². The van der Waals surface area contributed by atoms with Crippen LogP contribution in [0.15, 0.2) is 12.3 Å². The highest BCUT2D eigenvalue weighted by atomic mass is 19.3. The maximum Gasteiger partial charge on any atom is 0.280 e. The summed E-state index contributed by atoms with van der Waals surface area (Å²) in [6, 6.07) is 1.36. The molecule has 1 atom stereocenters. The third-order valence-corrected chi connectivity index (χ3v) is 4.66. The maximum absolute atomic E-state index is 13.4. The molecule has 1 aliphatic heterocycles. The lowest BCUT2D eigenvalue weighted by atomic mass is 10.1. The van der Waals surface area contributed by atoms with Crippen LogP contribution in [-0.4, -0.2) is 63.5 Å². The third kappa shape index (κ3) is 4.78. The molecular formula is C18H26F2N6O. The van der Waals surface area contributed by atoms with Gasteiger partial charge in [-0.2, -0.15) is 5.10 Å². The Morgan fingerprint density at radius 3 is 2.63 bits per heavy atom. The number of nitrogens with one attached hydrogen (secondary N) is 1. The molecule has 1 N–H and O–H groups in total. The lowest BCUT2D eigenvalue weighted by Crippen LogP contribution is -2.42. The van der Waals surface area contributed by atoms with Gasteiger partial charge in [0.1, 0.15) is 5.69 Å². The number of hydrogen-bond acceptors (Lipinski definition) is 6. The van der Waals surface area contributed by atoms with E-state index in [-0.39, 0.29) is 17.7 Å². The molecule has 9 heteroatoms. The summed E-state index contributed by atoms with van der Waals surface area (Å²) in [6.45, 7) is 10.5. The molecule has 2 aromatic heterocycles. The Morgan fingerprint density at radius 1 is 1.26 bits per heavy atom. The summed E-state index contributed by atoms with van der Waals surface area (Å²) in [4.78, 5) is 10.8. The van der Waals surface area contributed by atoms with Crippen molar-refractivity contribution in [3.05, 3.63) is 23.7 Å². The van der Waals surface area contributed by atoms with Gasteiger partial charge >= 0.3 is 0 Å². The van der Waals surface area contributed by atoms with Gasteiger partial charge in [0.15, 0.2) is 0 Å². The van der Waals surface area contributed by atoms with E-state index in [4.69, 9.17) is 4.74 Å². The first-order valence-electron chi connectivity index (χ1n) is 9.24. The normalized spacial score (nSPS) is 16.7. The fourth-order valence-corrected chi connectivity index (χ4v) is 3.23. The SMILES string of the molecule is CCn1ncc(-c2cc(C(F)F)nc(N[C@@H](C)CN3CCOCC3)n2)c1C. The fourth-order valence-electron chi connectivity index (χ4n) is 3.23. The number of halogens is 2. The predicted molar refractivity (Wildman–Crippen MR) is 99.0 cm³/mol. The van der Waals surface area contributed by atoms with Gasteiger partial charge in [0, 0.05) is 43.5 Å². The molecular weight excluding hydrogens is 354 g/mol. The molecule has 2 aromatic rings. The first-order valence-corrected chi connectivity index (χ1v) is 9.24. The van der Waals surface area contributed by atoms with E-state index in [2.05, 4.69) is 25.3 Å². The monoisotopic (exact) mass is 380 g/mol. The number of anilines is 1. The molecule has 0 saturated carbocycles. The van der Waals surface area contributed by atoms with Gasteiger partial charge in [-0.15, -0.1) is 0 Å². The van der Waals surface area contributed by atoms with E-state index in [0.29, 0.717) is 12.2 Å². The van der Waals surface area contributed by atoms with Crippen LogP contribution < -0.4 is 5.32 Å². The lowest BCUT2D eigenvalue weighted by molar-refractivity contribution is 0.0367. The zero-order valence-electron chi connectivity index (χ0n) is 16.0. The maximum atomic E-state index is 13.4. The Bertz CT molecular complexity index is 760. The number of aryl methyl sites for hydroxylation is 1. The van der Waals surface area contributed by atoms with Crippen LogP contribution >= 0.6 is 0 Å². The molecule has 7 nitrogen and oxygen atoms in total. The van der Waals surface area contributed by atoms with Crippen LogP contribution in [0, 0.1) is 6.92 Å². The Kier molecular flexibility index (Phi) is 6.33. The highest BCUT2D eigenvalue weighted by Crippen LogP contribution is 2.27. The third-order valence-electron chi connectivity index (χ3n) is 4.66. The van der Waals surface area contributed by atoms with Crippen molar-refractivity contribution in [2.45, 2.75) is 39.8 Å². The second-order valence-electron chi connectivity index (χ2n) is 6.72. The highest BCUT2D eigenvalue weighted by Gasteiger charge is 2.19. The summed E-state index contributed by atoms with van der Waals surface area (Å²) in [7, 11) is 0. The summed E-state index contributed by atoms with van der Waals surface area (Å²) in [5, 5.41) is 7.45. The Balaban J connectivity index is 1.81. The highest BCUT2D eigenvalue weighted by molar-refractivity contribution is 5.62. The molecule has 0 aliphatic carbocycles. The van der Waals surface area contributed by atoms with Crippen LogP contribution in [0.5, 0.6) is 0 Å². The second-order valence-corrected chi connectivity index (χ2v) is 6.72. The van der Waals surface area contributed by atoms with Crippen LogP contribution in [0.25, 0.3) is 11.3 Å². The molecule has 0 amide bonds. The zero-order valence-corrected chi connectivity index (χ0v) is 16.0. The van der Waals surface area contributed by atoms with E-state index >= 15 is 0 Å². The fraction of sp³-hybridized carbons (Fsp3) is 0.611. The van der Waals surface area contributed by atoms with Crippen LogP contribution in [0.3, 0.4) is 0 Å². The number of hydrogen-bond donors (Lipinski definition) is 1. The van der Waals surface area contributed by atoms with Gasteiger partial charge in [-0.1, -0.05) is 0 Å². The summed E-state index contributed by atoms with van der Waals surface area (Å²) in [5.74, 6) is 0.215. The van der Waals surface area contributed by atoms with Crippen LogP contribution in [0.2, 0.25) is 0 Å². The van der Waals surface area contributed by atoms with E-state index in [0.717, 1.165) is 44.1 Å². The largest absolute Gasteiger partial charge is 0.379 e. The van der Waals surface area contributed by atoms with Crippen molar-refractivity contribution in [2.24, 2.45) is 0 Å². The number of ether oxygens (including phenoxy) is 1. The molecule has 3 rings (SSSR count).